The summed E-state index contributed by atoms with van der Waals surface area (Å²) < 4.78 is 16.3. The highest BCUT2D eigenvalue weighted by atomic mass is 79.9. The second-order valence-corrected chi connectivity index (χ2v) is 5.17. The standard InChI is InChI=1S/C15H16BrNO4/c1-19-13-7-10(12(16)8-14(13)20-2)3-5-17-15(18)11-4-6-21-9-11/h4,6-9H,3,5H2,1-2H3,(H,17,18). The Kier molecular flexibility index (Phi) is 5.27. The van der Waals surface area contributed by atoms with Crippen LogP contribution in [0, 0.1) is 0 Å². The van der Waals surface area contributed by atoms with Crippen LogP contribution in [0.3, 0.4) is 0 Å². The first-order valence-electron chi connectivity index (χ1n) is 6.36. The molecule has 1 N–H and O–H groups in total. The molecule has 112 valence electrons. The summed E-state index contributed by atoms with van der Waals surface area (Å²) in [7, 11) is 3.19. The van der Waals surface area contributed by atoms with Gasteiger partial charge in [0.1, 0.15) is 6.26 Å². The van der Waals surface area contributed by atoms with E-state index < -0.39 is 0 Å². The zero-order valence-electron chi connectivity index (χ0n) is 11.8. The van der Waals surface area contributed by atoms with Crippen LogP contribution in [0.15, 0.2) is 39.6 Å². The largest absolute Gasteiger partial charge is 0.493 e. The van der Waals surface area contributed by atoms with Gasteiger partial charge in [0.05, 0.1) is 26.0 Å². The van der Waals surface area contributed by atoms with E-state index >= 15 is 0 Å². The number of nitrogens with one attached hydrogen (secondary N) is 1. The van der Waals surface area contributed by atoms with E-state index in [1.54, 1.807) is 20.3 Å². The fourth-order valence-electron chi connectivity index (χ4n) is 1.89. The molecule has 0 unspecified atom stereocenters. The van der Waals surface area contributed by atoms with E-state index in [-0.39, 0.29) is 5.91 Å². The minimum atomic E-state index is -0.152. The Morgan fingerprint density at radius 3 is 2.62 bits per heavy atom. The maximum Gasteiger partial charge on any atom is 0.254 e. The van der Waals surface area contributed by atoms with Crippen molar-refractivity contribution >= 4 is 21.8 Å². The molecular weight excluding hydrogens is 338 g/mol. The maximum absolute atomic E-state index is 11.8. The number of methoxy groups -OCH3 is 2. The average Bonchev–Trinajstić information content (AvgIpc) is 3.02. The van der Waals surface area contributed by atoms with Gasteiger partial charge in [0.2, 0.25) is 0 Å². The minimum Gasteiger partial charge on any atom is -0.493 e. The molecule has 0 atom stereocenters. The summed E-state index contributed by atoms with van der Waals surface area (Å²) in [6.07, 6.45) is 3.56. The van der Waals surface area contributed by atoms with Crippen molar-refractivity contribution < 1.29 is 18.7 Å². The van der Waals surface area contributed by atoms with Crippen molar-refractivity contribution in [2.45, 2.75) is 6.42 Å². The lowest BCUT2D eigenvalue weighted by Gasteiger charge is -2.12. The smallest absolute Gasteiger partial charge is 0.254 e. The van der Waals surface area contributed by atoms with Gasteiger partial charge in [-0.25, -0.2) is 0 Å². The quantitative estimate of drug-likeness (QED) is 0.866. The number of ether oxygens (including phenoxy) is 2. The first-order valence-corrected chi connectivity index (χ1v) is 7.15. The van der Waals surface area contributed by atoms with Gasteiger partial charge in [-0.3, -0.25) is 4.79 Å². The van der Waals surface area contributed by atoms with Crippen LogP contribution in [0.4, 0.5) is 0 Å². The third-order valence-corrected chi connectivity index (χ3v) is 3.75. The Balaban J connectivity index is 1.98. The van der Waals surface area contributed by atoms with Gasteiger partial charge in [-0.2, -0.15) is 0 Å². The third kappa shape index (κ3) is 3.78. The Labute approximate surface area is 131 Å². The number of hydrogen-bond acceptors (Lipinski definition) is 4. The summed E-state index contributed by atoms with van der Waals surface area (Å²) in [5.74, 6) is 1.17. The average molecular weight is 354 g/mol. The number of amides is 1. The molecule has 6 heteroatoms. The summed E-state index contributed by atoms with van der Waals surface area (Å²) in [6, 6.07) is 5.38. The van der Waals surface area contributed by atoms with Crippen molar-refractivity contribution in [3.63, 3.8) is 0 Å². The molecule has 1 aromatic carbocycles. The molecule has 0 aliphatic rings. The molecule has 5 nitrogen and oxygen atoms in total. The molecule has 0 spiro atoms. The van der Waals surface area contributed by atoms with Crippen LogP contribution in [0.25, 0.3) is 0 Å². The van der Waals surface area contributed by atoms with E-state index in [1.807, 2.05) is 12.1 Å². The first kappa shape index (κ1) is 15.4. The van der Waals surface area contributed by atoms with Crippen molar-refractivity contribution in [2.24, 2.45) is 0 Å². The highest BCUT2D eigenvalue weighted by Gasteiger charge is 2.10. The highest BCUT2D eigenvalue weighted by Crippen LogP contribution is 2.33. The van der Waals surface area contributed by atoms with Gasteiger partial charge in [-0.1, -0.05) is 15.9 Å². The molecule has 21 heavy (non-hydrogen) atoms. The van der Waals surface area contributed by atoms with Crippen molar-refractivity contribution in [3.8, 4) is 11.5 Å². The van der Waals surface area contributed by atoms with Crippen LogP contribution < -0.4 is 14.8 Å². The number of benzene rings is 1. The maximum atomic E-state index is 11.8. The predicted molar refractivity (Wildman–Crippen MR) is 82.0 cm³/mol. The lowest BCUT2D eigenvalue weighted by molar-refractivity contribution is 0.0953. The number of carbonyl (C=O) groups excluding carboxylic acids is 1. The lowest BCUT2D eigenvalue weighted by atomic mass is 10.1. The van der Waals surface area contributed by atoms with Crippen molar-refractivity contribution in [1.82, 2.24) is 5.32 Å². The number of halogens is 1. The summed E-state index contributed by atoms with van der Waals surface area (Å²) >= 11 is 3.49. The fraction of sp³-hybridized carbons (Fsp3) is 0.267. The highest BCUT2D eigenvalue weighted by molar-refractivity contribution is 9.10. The molecule has 0 aliphatic carbocycles. The van der Waals surface area contributed by atoms with E-state index in [4.69, 9.17) is 13.9 Å². The Bertz CT molecular complexity index is 610. The second kappa shape index (κ2) is 7.17. The second-order valence-electron chi connectivity index (χ2n) is 4.32. The van der Waals surface area contributed by atoms with E-state index in [2.05, 4.69) is 21.2 Å². The normalized spacial score (nSPS) is 10.2. The van der Waals surface area contributed by atoms with E-state index in [1.165, 1.54) is 12.5 Å². The molecule has 0 saturated carbocycles. The lowest BCUT2D eigenvalue weighted by Crippen LogP contribution is -2.25. The third-order valence-electron chi connectivity index (χ3n) is 3.02. The van der Waals surface area contributed by atoms with Gasteiger partial charge in [0.25, 0.3) is 5.91 Å². The molecule has 0 radical (unpaired) electrons. The van der Waals surface area contributed by atoms with Crippen molar-refractivity contribution in [2.75, 3.05) is 20.8 Å². The van der Waals surface area contributed by atoms with Crippen LogP contribution in [0.5, 0.6) is 11.5 Å². The van der Waals surface area contributed by atoms with Gasteiger partial charge < -0.3 is 19.2 Å². The monoisotopic (exact) mass is 353 g/mol. The van der Waals surface area contributed by atoms with Gasteiger partial charge in [0, 0.05) is 11.0 Å². The van der Waals surface area contributed by atoms with E-state index in [0.29, 0.717) is 30.0 Å². The van der Waals surface area contributed by atoms with E-state index in [0.717, 1.165) is 10.0 Å². The molecule has 0 saturated heterocycles. The Morgan fingerprint density at radius 1 is 1.29 bits per heavy atom. The number of carbonyl (C=O) groups is 1. The minimum absolute atomic E-state index is 0.152. The van der Waals surface area contributed by atoms with Gasteiger partial charge in [0.15, 0.2) is 11.5 Å². The molecule has 1 aromatic heterocycles. The summed E-state index contributed by atoms with van der Waals surface area (Å²) in [4.78, 5) is 11.8. The summed E-state index contributed by atoms with van der Waals surface area (Å²) in [5, 5.41) is 2.84. The summed E-state index contributed by atoms with van der Waals surface area (Å²) in [6.45, 7) is 0.512. The van der Waals surface area contributed by atoms with Crippen LogP contribution in [-0.2, 0) is 6.42 Å². The molecule has 1 heterocycles. The zero-order chi connectivity index (χ0) is 15.2. The number of rotatable bonds is 6. The molecule has 0 aliphatic heterocycles. The zero-order valence-corrected chi connectivity index (χ0v) is 13.4. The van der Waals surface area contributed by atoms with Gasteiger partial charge in [-0.05, 0) is 30.2 Å². The van der Waals surface area contributed by atoms with Crippen molar-refractivity contribution in [3.05, 3.63) is 46.3 Å². The van der Waals surface area contributed by atoms with Crippen LogP contribution >= 0.6 is 15.9 Å². The fourth-order valence-corrected chi connectivity index (χ4v) is 2.41. The molecule has 1 amide bonds. The molecule has 2 aromatic rings. The predicted octanol–water partition coefficient (Wildman–Crippen LogP) is 3.03. The summed E-state index contributed by atoms with van der Waals surface area (Å²) in [5.41, 5.74) is 1.54. The molecular formula is C15H16BrNO4. The first-order chi connectivity index (χ1) is 10.2. The Hall–Kier alpha value is -1.95. The SMILES string of the molecule is COc1cc(Br)c(CCNC(=O)c2ccoc2)cc1OC. The molecule has 0 bridgehead atoms. The van der Waals surface area contributed by atoms with Crippen LogP contribution in [-0.4, -0.2) is 26.7 Å². The van der Waals surface area contributed by atoms with E-state index in [9.17, 15) is 4.79 Å². The Morgan fingerprint density at radius 2 is 2.00 bits per heavy atom. The number of furan rings is 1. The topological polar surface area (TPSA) is 60.7 Å². The number of hydrogen-bond donors (Lipinski definition) is 1. The van der Waals surface area contributed by atoms with Crippen LogP contribution in [0.2, 0.25) is 0 Å². The van der Waals surface area contributed by atoms with Gasteiger partial charge in [-0.15, -0.1) is 0 Å². The molecule has 0 fully saturated rings. The molecule has 2 rings (SSSR count). The van der Waals surface area contributed by atoms with Crippen LogP contribution in [0.1, 0.15) is 15.9 Å². The van der Waals surface area contributed by atoms with Crippen molar-refractivity contribution in [1.29, 1.82) is 0 Å². The van der Waals surface area contributed by atoms with Gasteiger partial charge >= 0.3 is 0 Å².